The number of hydrogen-bond acceptors (Lipinski definition) is 6. The number of pyridine rings is 1. The minimum absolute atomic E-state index is 0.0479. The van der Waals surface area contributed by atoms with Gasteiger partial charge in [-0.1, -0.05) is 0 Å². The number of nitrogens with zero attached hydrogens (tertiary/aromatic N) is 3. The van der Waals surface area contributed by atoms with Crippen LogP contribution in [0.3, 0.4) is 0 Å². The molecule has 7 heteroatoms. The molecule has 1 aromatic heterocycles. The average molecular weight is 389 g/mol. The predicted octanol–water partition coefficient (Wildman–Crippen LogP) is 2.55. The molecule has 0 spiro atoms. The van der Waals surface area contributed by atoms with Gasteiger partial charge in [-0.05, 0) is 65.0 Å². The Labute approximate surface area is 167 Å². The summed E-state index contributed by atoms with van der Waals surface area (Å²) in [6.07, 6.45) is 5.88. The molecule has 0 bridgehead atoms. The van der Waals surface area contributed by atoms with Gasteiger partial charge in [0.25, 0.3) is 5.91 Å². The molecule has 0 saturated carbocycles. The number of carbonyl (C=O) groups excluding carboxylic acids is 2. The van der Waals surface area contributed by atoms with Crippen LogP contribution in [0.25, 0.3) is 0 Å². The van der Waals surface area contributed by atoms with Crippen LogP contribution in [-0.2, 0) is 9.53 Å². The van der Waals surface area contributed by atoms with Crippen molar-refractivity contribution >= 4 is 17.7 Å². The number of aromatic nitrogens is 1. The zero-order chi connectivity index (χ0) is 20.3. The molecule has 2 aliphatic rings. The number of nitrogens with two attached hydrogens (primary N) is 1. The van der Waals surface area contributed by atoms with Gasteiger partial charge >= 0.3 is 5.97 Å². The maximum absolute atomic E-state index is 12.6. The number of anilines is 1. The molecule has 7 nitrogen and oxygen atoms in total. The van der Waals surface area contributed by atoms with Gasteiger partial charge < -0.3 is 20.3 Å². The number of piperidine rings is 2. The maximum Gasteiger partial charge on any atom is 0.309 e. The van der Waals surface area contributed by atoms with Crippen molar-refractivity contribution in [2.75, 3.05) is 24.5 Å². The Hall–Kier alpha value is -2.15. The van der Waals surface area contributed by atoms with Crippen LogP contribution in [-0.4, -0.2) is 53.2 Å². The lowest BCUT2D eigenvalue weighted by atomic mass is 9.94. The zero-order valence-electron chi connectivity index (χ0n) is 17.2. The van der Waals surface area contributed by atoms with Gasteiger partial charge in [-0.25, -0.2) is 4.98 Å². The predicted molar refractivity (Wildman–Crippen MR) is 108 cm³/mol. The van der Waals surface area contributed by atoms with Gasteiger partial charge in [0.2, 0.25) is 0 Å². The second-order valence-corrected chi connectivity index (χ2v) is 8.77. The Balaban J connectivity index is 1.60. The molecule has 2 fully saturated rings. The third kappa shape index (κ3) is 5.01. The molecule has 0 aliphatic carbocycles. The van der Waals surface area contributed by atoms with E-state index in [1.54, 1.807) is 6.20 Å². The van der Waals surface area contributed by atoms with Gasteiger partial charge in [-0.15, -0.1) is 0 Å². The van der Waals surface area contributed by atoms with Crippen molar-refractivity contribution in [3.05, 3.63) is 23.9 Å². The van der Waals surface area contributed by atoms with E-state index in [4.69, 9.17) is 10.5 Å². The monoisotopic (exact) mass is 388 g/mol. The topological polar surface area (TPSA) is 88.8 Å². The zero-order valence-corrected chi connectivity index (χ0v) is 17.2. The summed E-state index contributed by atoms with van der Waals surface area (Å²) in [7, 11) is 0. The summed E-state index contributed by atoms with van der Waals surface area (Å²) in [6, 6.07) is 3.68. The van der Waals surface area contributed by atoms with E-state index in [2.05, 4.69) is 4.98 Å². The van der Waals surface area contributed by atoms with Gasteiger partial charge in [0, 0.05) is 25.8 Å². The summed E-state index contributed by atoms with van der Waals surface area (Å²) in [4.78, 5) is 33.3. The van der Waals surface area contributed by atoms with Crippen LogP contribution < -0.4 is 10.6 Å². The smallest absolute Gasteiger partial charge is 0.309 e. The van der Waals surface area contributed by atoms with Crippen LogP contribution in [0.15, 0.2) is 18.3 Å². The molecule has 2 atom stereocenters. The highest BCUT2D eigenvalue weighted by molar-refractivity contribution is 5.94. The van der Waals surface area contributed by atoms with Crippen molar-refractivity contribution in [1.82, 2.24) is 9.88 Å². The second kappa shape index (κ2) is 8.47. The molecule has 1 amide bonds. The van der Waals surface area contributed by atoms with Crippen LogP contribution in [0.4, 0.5) is 5.82 Å². The second-order valence-electron chi connectivity index (χ2n) is 8.77. The minimum atomic E-state index is -0.489. The summed E-state index contributed by atoms with van der Waals surface area (Å²) in [5.74, 6) is 0.417. The number of esters is 1. The first kappa shape index (κ1) is 20.6. The molecule has 2 saturated heterocycles. The van der Waals surface area contributed by atoms with E-state index >= 15 is 0 Å². The van der Waals surface area contributed by atoms with Gasteiger partial charge in [-0.2, -0.15) is 0 Å². The summed E-state index contributed by atoms with van der Waals surface area (Å²) in [6.45, 7) is 7.90. The van der Waals surface area contributed by atoms with E-state index in [9.17, 15) is 9.59 Å². The van der Waals surface area contributed by atoms with Gasteiger partial charge in [0.1, 0.15) is 11.4 Å². The number of hydrogen-bond donors (Lipinski definition) is 1. The largest absolute Gasteiger partial charge is 0.460 e. The van der Waals surface area contributed by atoms with Gasteiger partial charge in [0.15, 0.2) is 0 Å². The number of rotatable bonds is 3. The summed E-state index contributed by atoms with van der Waals surface area (Å²) >= 11 is 0. The van der Waals surface area contributed by atoms with E-state index in [0.29, 0.717) is 24.9 Å². The van der Waals surface area contributed by atoms with Crippen molar-refractivity contribution in [3.63, 3.8) is 0 Å². The van der Waals surface area contributed by atoms with Crippen LogP contribution in [0.2, 0.25) is 0 Å². The first-order chi connectivity index (χ1) is 13.2. The number of likely N-dealkylation sites (tertiary alicyclic amines) is 1. The Kier molecular flexibility index (Phi) is 6.23. The van der Waals surface area contributed by atoms with Gasteiger partial charge in [-0.3, -0.25) is 9.59 Å². The van der Waals surface area contributed by atoms with Crippen LogP contribution >= 0.6 is 0 Å². The molecule has 28 heavy (non-hydrogen) atoms. The minimum Gasteiger partial charge on any atom is -0.460 e. The molecule has 2 aliphatic heterocycles. The van der Waals surface area contributed by atoms with Crippen LogP contribution in [0.5, 0.6) is 0 Å². The average Bonchev–Trinajstić information content (AvgIpc) is 2.67. The fraction of sp³-hybridized carbons (Fsp3) is 0.667. The Morgan fingerprint density at radius 1 is 1.14 bits per heavy atom. The van der Waals surface area contributed by atoms with Crippen molar-refractivity contribution in [3.8, 4) is 0 Å². The first-order valence-electron chi connectivity index (χ1n) is 10.2. The number of amides is 1. The van der Waals surface area contributed by atoms with E-state index in [1.807, 2.05) is 42.7 Å². The molecule has 1 aromatic rings. The van der Waals surface area contributed by atoms with Crippen molar-refractivity contribution in [2.24, 2.45) is 11.7 Å². The van der Waals surface area contributed by atoms with Crippen LogP contribution in [0, 0.1) is 5.92 Å². The van der Waals surface area contributed by atoms with E-state index in [0.717, 1.165) is 31.7 Å². The standard InChI is InChI=1S/C21H32N4O3/c1-21(2,3)28-20(27)15-9-12-25(17(22)13-15)18-8-7-16(14-23-18)19(26)24-10-5-4-6-11-24/h7-8,14-15,17H,4-6,9-13,22H2,1-3H3. The molecule has 154 valence electrons. The van der Waals surface area contributed by atoms with Crippen LogP contribution in [0.1, 0.15) is 63.2 Å². The molecular weight excluding hydrogens is 356 g/mol. The lowest BCUT2D eigenvalue weighted by Crippen LogP contribution is -2.50. The molecular formula is C21H32N4O3. The van der Waals surface area contributed by atoms with Crippen molar-refractivity contribution < 1.29 is 14.3 Å². The maximum atomic E-state index is 12.6. The fourth-order valence-corrected chi connectivity index (χ4v) is 3.84. The highest BCUT2D eigenvalue weighted by Crippen LogP contribution is 2.27. The fourth-order valence-electron chi connectivity index (χ4n) is 3.84. The molecule has 0 aromatic carbocycles. The Morgan fingerprint density at radius 2 is 1.86 bits per heavy atom. The van der Waals surface area contributed by atoms with E-state index in [1.165, 1.54) is 6.42 Å². The number of ether oxygens (including phenoxy) is 1. The molecule has 2 unspecified atom stereocenters. The Morgan fingerprint density at radius 3 is 2.43 bits per heavy atom. The Bertz CT molecular complexity index is 693. The number of carbonyl (C=O) groups is 2. The highest BCUT2D eigenvalue weighted by Gasteiger charge is 2.33. The van der Waals surface area contributed by atoms with Crippen molar-refractivity contribution in [2.45, 2.75) is 64.6 Å². The first-order valence-corrected chi connectivity index (χ1v) is 10.2. The third-order valence-electron chi connectivity index (χ3n) is 5.32. The van der Waals surface area contributed by atoms with E-state index in [-0.39, 0.29) is 24.0 Å². The third-order valence-corrected chi connectivity index (χ3v) is 5.32. The summed E-state index contributed by atoms with van der Waals surface area (Å²) in [5.41, 5.74) is 6.44. The lowest BCUT2D eigenvalue weighted by molar-refractivity contribution is -0.161. The van der Waals surface area contributed by atoms with E-state index < -0.39 is 5.60 Å². The summed E-state index contributed by atoms with van der Waals surface area (Å²) in [5, 5.41) is 0. The van der Waals surface area contributed by atoms with Crippen molar-refractivity contribution in [1.29, 1.82) is 0 Å². The molecule has 3 rings (SSSR count). The molecule has 0 radical (unpaired) electrons. The molecule has 3 heterocycles. The lowest BCUT2D eigenvalue weighted by Gasteiger charge is -2.38. The SMILES string of the molecule is CC(C)(C)OC(=O)C1CCN(c2ccc(C(=O)N3CCCCC3)cn2)C(N)C1. The summed E-state index contributed by atoms with van der Waals surface area (Å²) < 4.78 is 5.50. The van der Waals surface area contributed by atoms with Gasteiger partial charge in [0.05, 0.1) is 17.6 Å². The molecule has 2 N–H and O–H groups in total. The normalized spacial score (nSPS) is 23.4. The quantitative estimate of drug-likeness (QED) is 0.801. The highest BCUT2D eigenvalue weighted by atomic mass is 16.6.